The first kappa shape index (κ1) is 18.5. The molecule has 2 N–H and O–H groups in total. The number of nitrogens with one attached hydrogen (secondary N) is 2. The number of anilines is 3. The number of non-ortho nitro benzene ring substituents is 1. The van der Waals surface area contributed by atoms with Gasteiger partial charge in [0, 0.05) is 37.5 Å². The van der Waals surface area contributed by atoms with E-state index in [1.165, 1.54) is 12.1 Å². The van der Waals surface area contributed by atoms with Gasteiger partial charge < -0.3 is 20.1 Å². The smallest absolute Gasteiger partial charge is 0.271 e. The second kappa shape index (κ2) is 7.96. The van der Waals surface area contributed by atoms with Crippen molar-refractivity contribution in [2.75, 3.05) is 37.8 Å². The van der Waals surface area contributed by atoms with E-state index in [9.17, 15) is 10.1 Å². The summed E-state index contributed by atoms with van der Waals surface area (Å²) in [6.45, 7) is 4.26. The number of hydrogen-bond acceptors (Lipinski definition) is 8. The topological polar surface area (TPSA) is 114 Å². The highest BCUT2D eigenvalue weighted by atomic mass is 16.6. The van der Waals surface area contributed by atoms with E-state index in [0.717, 1.165) is 13.1 Å². The number of likely N-dealkylation sites (N-methyl/N-ethyl adjacent to an activating group) is 1. The van der Waals surface area contributed by atoms with Crippen molar-refractivity contribution in [1.29, 1.82) is 0 Å². The largest absolute Gasteiger partial charge is 0.353 e. The third-order valence-corrected chi connectivity index (χ3v) is 3.97. The number of aryl methyl sites for hydroxylation is 1. The van der Waals surface area contributed by atoms with Gasteiger partial charge in [-0.3, -0.25) is 10.1 Å². The second-order valence-electron chi connectivity index (χ2n) is 6.26. The van der Waals surface area contributed by atoms with Crippen molar-refractivity contribution in [3.05, 3.63) is 40.7 Å². The van der Waals surface area contributed by atoms with Gasteiger partial charge in [-0.15, -0.1) is 0 Å². The van der Waals surface area contributed by atoms with Crippen LogP contribution in [0.3, 0.4) is 0 Å². The van der Waals surface area contributed by atoms with Crippen molar-refractivity contribution < 1.29 is 4.92 Å². The van der Waals surface area contributed by atoms with Gasteiger partial charge in [-0.25, -0.2) is 4.98 Å². The van der Waals surface area contributed by atoms with E-state index in [2.05, 4.69) is 30.5 Å². The number of fused-ring (bicyclic) bond motifs is 1. The van der Waals surface area contributed by atoms with Crippen LogP contribution in [0.1, 0.15) is 6.92 Å². The average molecular weight is 370 g/mol. The molecule has 0 saturated carbocycles. The van der Waals surface area contributed by atoms with Gasteiger partial charge in [0.05, 0.1) is 11.3 Å². The summed E-state index contributed by atoms with van der Waals surface area (Å²) in [4.78, 5) is 26.1. The van der Waals surface area contributed by atoms with Crippen molar-refractivity contribution in [3.63, 3.8) is 0 Å². The molecule has 142 valence electrons. The highest BCUT2D eigenvalue weighted by molar-refractivity contribution is 5.86. The molecule has 10 nitrogen and oxygen atoms in total. The molecule has 0 saturated heterocycles. The summed E-state index contributed by atoms with van der Waals surface area (Å²) in [6, 6.07) is 6.28. The van der Waals surface area contributed by atoms with E-state index in [1.807, 2.05) is 25.6 Å². The van der Waals surface area contributed by atoms with E-state index in [0.29, 0.717) is 35.2 Å². The van der Waals surface area contributed by atoms with Crippen LogP contribution >= 0.6 is 0 Å². The molecule has 27 heavy (non-hydrogen) atoms. The minimum absolute atomic E-state index is 0.00807. The van der Waals surface area contributed by atoms with Crippen LogP contribution < -0.4 is 10.6 Å². The van der Waals surface area contributed by atoms with Crippen LogP contribution in [0.5, 0.6) is 0 Å². The maximum atomic E-state index is 11.0. The van der Waals surface area contributed by atoms with Gasteiger partial charge in [-0.05, 0) is 27.1 Å². The molecule has 2 aromatic heterocycles. The minimum Gasteiger partial charge on any atom is -0.353 e. The molecular weight excluding hydrogens is 348 g/mol. The van der Waals surface area contributed by atoms with Crippen molar-refractivity contribution in [2.45, 2.75) is 13.5 Å². The molecule has 0 unspecified atom stereocenters. The molecule has 2 heterocycles. The van der Waals surface area contributed by atoms with E-state index in [4.69, 9.17) is 0 Å². The molecule has 0 atom stereocenters. The summed E-state index contributed by atoms with van der Waals surface area (Å²) in [7, 11) is 3.99. The number of benzene rings is 1. The van der Waals surface area contributed by atoms with Crippen LogP contribution in [0.25, 0.3) is 11.2 Å². The minimum atomic E-state index is -0.430. The highest BCUT2D eigenvalue weighted by Crippen LogP contribution is 2.26. The lowest BCUT2D eigenvalue weighted by Gasteiger charge is -2.12. The molecular formula is C17H22N8O2. The molecule has 10 heteroatoms. The fourth-order valence-corrected chi connectivity index (χ4v) is 2.57. The Morgan fingerprint density at radius 3 is 2.81 bits per heavy atom. The number of nitrogens with zero attached hydrogens (tertiary/aromatic N) is 6. The number of nitro benzene ring substituents is 1. The Balaban J connectivity index is 1.96. The predicted molar refractivity (Wildman–Crippen MR) is 104 cm³/mol. The maximum Gasteiger partial charge on any atom is 0.271 e. The SMILES string of the molecule is CCn1cnc2c(Nc3cccc([N+](=O)[O-])c3)nc(NCCN(C)C)nc21. The van der Waals surface area contributed by atoms with Crippen LogP contribution in [0.15, 0.2) is 30.6 Å². The lowest BCUT2D eigenvalue weighted by atomic mass is 10.3. The Hall–Kier alpha value is -3.27. The quantitative estimate of drug-likeness (QED) is 0.459. The first-order valence-electron chi connectivity index (χ1n) is 8.61. The number of hydrogen-bond donors (Lipinski definition) is 2. The zero-order chi connectivity index (χ0) is 19.4. The third kappa shape index (κ3) is 4.29. The molecule has 0 radical (unpaired) electrons. The summed E-state index contributed by atoms with van der Waals surface area (Å²) in [6.07, 6.45) is 1.71. The van der Waals surface area contributed by atoms with E-state index in [-0.39, 0.29) is 5.69 Å². The number of imidazole rings is 1. The van der Waals surface area contributed by atoms with Gasteiger partial charge in [0.25, 0.3) is 5.69 Å². The van der Waals surface area contributed by atoms with Crippen molar-refractivity contribution in [1.82, 2.24) is 24.4 Å². The molecule has 3 aromatic rings. The molecule has 3 rings (SSSR count). The summed E-state index contributed by atoms with van der Waals surface area (Å²) in [5.41, 5.74) is 1.89. The molecule has 0 bridgehead atoms. The number of aromatic nitrogens is 4. The van der Waals surface area contributed by atoms with Crippen molar-refractivity contribution >= 4 is 34.3 Å². The maximum absolute atomic E-state index is 11.0. The Labute approximate surface area is 156 Å². The van der Waals surface area contributed by atoms with E-state index >= 15 is 0 Å². The first-order chi connectivity index (χ1) is 13.0. The van der Waals surface area contributed by atoms with E-state index in [1.54, 1.807) is 18.5 Å². The molecule has 0 spiro atoms. The standard InChI is InChI=1S/C17H22N8O2/c1-4-24-11-19-14-15(20-12-6-5-7-13(10-12)25(26)27)21-17(22-16(14)24)18-8-9-23(2)3/h5-7,10-11H,4,8-9H2,1-3H3,(H2,18,20,21,22). The van der Waals surface area contributed by atoms with Gasteiger partial charge in [0.1, 0.15) is 0 Å². The molecule has 0 amide bonds. The fourth-order valence-electron chi connectivity index (χ4n) is 2.57. The summed E-state index contributed by atoms with van der Waals surface area (Å²) >= 11 is 0. The highest BCUT2D eigenvalue weighted by Gasteiger charge is 2.14. The van der Waals surface area contributed by atoms with Gasteiger partial charge in [0.15, 0.2) is 17.0 Å². The van der Waals surface area contributed by atoms with Crippen LogP contribution in [-0.4, -0.2) is 56.5 Å². The van der Waals surface area contributed by atoms with Crippen LogP contribution in [0, 0.1) is 10.1 Å². The van der Waals surface area contributed by atoms with Crippen molar-refractivity contribution in [2.24, 2.45) is 0 Å². The molecule has 0 aliphatic heterocycles. The van der Waals surface area contributed by atoms with Gasteiger partial charge in [-0.2, -0.15) is 9.97 Å². The average Bonchev–Trinajstić information content (AvgIpc) is 3.05. The lowest BCUT2D eigenvalue weighted by Crippen LogP contribution is -2.21. The number of rotatable bonds is 8. The summed E-state index contributed by atoms with van der Waals surface area (Å²) in [5.74, 6) is 0.979. The molecule has 0 aliphatic rings. The zero-order valence-corrected chi connectivity index (χ0v) is 15.5. The van der Waals surface area contributed by atoms with Crippen LogP contribution in [-0.2, 0) is 6.54 Å². The van der Waals surface area contributed by atoms with Crippen molar-refractivity contribution in [3.8, 4) is 0 Å². The Kier molecular flexibility index (Phi) is 5.46. The normalized spacial score (nSPS) is 11.1. The Morgan fingerprint density at radius 2 is 2.11 bits per heavy atom. The second-order valence-corrected chi connectivity index (χ2v) is 6.26. The van der Waals surface area contributed by atoms with Gasteiger partial charge in [0.2, 0.25) is 5.95 Å². The third-order valence-electron chi connectivity index (χ3n) is 3.97. The molecule has 0 fully saturated rings. The first-order valence-corrected chi connectivity index (χ1v) is 8.61. The lowest BCUT2D eigenvalue weighted by molar-refractivity contribution is -0.384. The Morgan fingerprint density at radius 1 is 1.30 bits per heavy atom. The van der Waals surface area contributed by atoms with Crippen LogP contribution in [0.4, 0.5) is 23.1 Å². The number of nitro groups is 1. The van der Waals surface area contributed by atoms with Gasteiger partial charge >= 0.3 is 0 Å². The predicted octanol–water partition coefficient (Wildman–Crippen LogP) is 2.47. The zero-order valence-electron chi connectivity index (χ0n) is 15.5. The summed E-state index contributed by atoms with van der Waals surface area (Å²) in [5, 5.41) is 17.4. The Bertz CT molecular complexity index is 953. The van der Waals surface area contributed by atoms with E-state index < -0.39 is 4.92 Å². The molecule has 1 aromatic carbocycles. The van der Waals surface area contributed by atoms with Crippen LogP contribution in [0.2, 0.25) is 0 Å². The fraction of sp³-hybridized carbons (Fsp3) is 0.353. The molecule has 0 aliphatic carbocycles. The van der Waals surface area contributed by atoms with Gasteiger partial charge in [-0.1, -0.05) is 6.07 Å². The summed E-state index contributed by atoms with van der Waals surface area (Å²) < 4.78 is 1.92. The monoisotopic (exact) mass is 370 g/mol.